The fraction of sp³-hybridized carbons (Fsp3) is 0.389. The monoisotopic (exact) mass is 266 g/mol. The molecule has 2 heteroatoms. The largest absolute Gasteiger partial charge is 0.321 e. The summed E-state index contributed by atoms with van der Waals surface area (Å²) in [7, 11) is 0. The number of aromatic nitrogens is 1. The van der Waals surface area contributed by atoms with Crippen molar-refractivity contribution in [1.82, 2.24) is 4.98 Å². The topological polar surface area (TPSA) is 38.9 Å². The summed E-state index contributed by atoms with van der Waals surface area (Å²) in [6, 6.07) is 10.8. The summed E-state index contributed by atoms with van der Waals surface area (Å²) in [6.07, 6.45) is 4.06. The normalized spacial score (nSPS) is 20.5. The van der Waals surface area contributed by atoms with E-state index >= 15 is 0 Å². The highest BCUT2D eigenvalue weighted by atomic mass is 14.8. The minimum Gasteiger partial charge on any atom is -0.321 e. The Kier molecular flexibility index (Phi) is 3.14. The van der Waals surface area contributed by atoms with Gasteiger partial charge in [-0.25, -0.2) is 0 Å². The van der Waals surface area contributed by atoms with Crippen LogP contribution in [-0.2, 0) is 12.0 Å². The standard InChI is InChI=1S/C18H22N2/c1-12-6-8-15(11-13(12)2)18(3,19)16-9-7-14-5-4-10-20-17(14)16/h4-6,8,10-11,16H,7,9,19H2,1-3H3. The Morgan fingerprint density at radius 3 is 2.75 bits per heavy atom. The number of benzene rings is 1. The van der Waals surface area contributed by atoms with Gasteiger partial charge in [0.15, 0.2) is 0 Å². The molecular formula is C18H22N2. The number of nitrogens with zero attached hydrogens (tertiary/aromatic N) is 1. The second kappa shape index (κ2) is 4.71. The van der Waals surface area contributed by atoms with Crippen molar-refractivity contribution in [2.24, 2.45) is 5.73 Å². The third-order valence-corrected chi connectivity index (χ3v) is 4.81. The predicted molar refractivity (Wildman–Crippen MR) is 82.8 cm³/mol. The molecule has 20 heavy (non-hydrogen) atoms. The molecule has 0 aliphatic heterocycles. The van der Waals surface area contributed by atoms with Gasteiger partial charge in [-0.3, -0.25) is 4.98 Å². The van der Waals surface area contributed by atoms with Gasteiger partial charge in [-0.2, -0.15) is 0 Å². The van der Waals surface area contributed by atoms with Crippen LogP contribution in [0.5, 0.6) is 0 Å². The van der Waals surface area contributed by atoms with Gasteiger partial charge in [-0.1, -0.05) is 24.3 Å². The van der Waals surface area contributed by atoms with Gasteiger partial charge >= 0.3 is 0 Å². The van der Waals surface area contributed by atoms with Crippen LogP contribution in [0.4, 0.5) is 0 Å². The van der Waals surface area contributed by atoms with Gasteiger partial charge < -0.3 is 5.73 Å². The first-order chi connectivity index (χ1) is 9.50. The van der Waals surface area contributed by atoms with Gasteiger partial charge in [0, 0.05) is 23.3 Å². The van der Waals surface area contributed by atoms with Gasteiger partial charge in [-0.05, 0) is 61.9 Å². The summed E-state index contributed by atoms with van der Waals surface area (Å²) in [5, 5.41) is 0. The molecule has 0 fully saturated rings. The minimum atomic E-state index is -0.363. The molecule has 2 aromatic rings. The molecule has 3 rings (SSSR count). The number of pyridine rings is 1. The summed E-state index contributed by atoms with van der Waals surface area (Å²) in [5.41, 5.74) is 12.8. The van der Waals surface area contributed by atoms with Gasteiger partial charge in [0.05, 0.1) is 0 Å². The van der Waals surface area contributed by atoms with E-state index in [0.29, 0.717) is 5.92 Å². The number of nitrogens with two attached hydrogens (primary N) is 1. The van der Waals surface area contributed by atoms with Gasteiger partial charge in [0.25, 0.3) is 0 Å². The smallest absolute Gasteiger partial charge is 0.0488 e. The number of fused-ring (bicyclic) bond motifs is 1. The first kappa shape index (κ1) is 13.3. The zero-order valence-electron chi connectivity index (χ0n) is 12.5. The van der Waals surface area contributed by atoms with E-state index in [9.17, 15) is 0 Å². The predicted octanol–water partition coefficient (Wildman–Crippen LogP) is 3.60. The molecule has 2 N–H and O–H groups in total. The molecule has 2 unspecified atom stereocenters. The molecule has 104 valence electrons. The van der Waals surface area contributed by atoms with Crippen LogP contribution >= 0.6 is 0 Å². The fourth-order valence-electron chi connectivity index (χ4n) is 3.27. The second-order valence-corrected chi connectivity index (χ2v) is 6.22. The van der Waals surface area contributed by atoms with Crippen LogP contribution in [0.15, 0.2) is 36.5 Å². The highest BCUT2D eigenvalue weighted by Gasteiger charge is 2.38. The van der Waals surface area contributed by atoms with E-state index in [2.05, 4.69) is 50.0 Å². The van der Waals surface area contributed by atoms with Crippen molar-refractivity contribution >= 4 is 0 Å². The van der Waals surface area contributed by atoms with Crippen molar-refractivity contribution < 1.29 is 0 Å². The summed E-state index contributed by atoms with van der Waals surface area (Å²) in [4.78, 5) is 4.59. The molecule has 1 heterocycles. The van der Waals surface area contributed by atoms with Crippen LogP contribution in [0, 0.1) is 13.8 Å². The zero-order valence-corrected chi connectivity index (χ0v) is 12.5. The van der Waals surface area contributed by atoms with E-state index in [1.807, 2.05) is 12.3 Å². The lowest BCUT2D eigenvalue weighted by molar-refractivity contribution is 0.381. The summed E-state index contributed by atoms with van der Waals surface area (Å²) < 4.78 is 0. The molecule has 1 aromatic carbocycles. The summed E-state index contributed by atoms with van der Waals surface area (Å²) in [6.45, 7) is 6.43. The first-order valence-corrected chi connectivity index (χ1v) is 7.30. The van der Waals surface area contributed by atoms with E-state index in [0.717, 1.165) is 12.8 Å². The van der Waals surface area contributed by atoms with Crippen LogP contribution in [0.2, 0.25) is 0 Å². The maximum Gasteiger partial charge on any atom is 0.0488 e. The molecule has 1 aliphatic rings. The van der Waals surface area contributed by atoms with Crippen molar-refractivity contribution in [3.63, 3.8) is 0 Å². The van der Waals surface area contributed by atoms with E-state index in [1.54, 1.807) is 0 Å². The maximum absolute atomic E-state index is 6.74. The third kappa shape index (κ3) is 2.04. The van der Waals surface area contributed by atoms with Gasteiger partial charge in [0.2, 0.25) is 0 Å². The summed E-state index contributed by atoms with van der Waals surface area (Å²) in [5.74, 6) is 0.306. The van der Waals surface area contributed by atoms with Crippen LogP contribution in [-0.4, -0.2) is 4.98 Å². The maximum atomic E-state index is 6.74. The Balaban J connectivity index is 2.02. The average Bonchev–Trinajstić information content (AvgIpc) is 2.86. The number of aryl methyl sites for hydroxylation is 3. The Hall–Kier alpha value is -1.67. The first-order valence-electron chi connectivity index (χ1n) is 7.30. The molecule has 0 saturated carbocycles. The van der Waals surface area contributed by atoms with Crippen LogP contribution < -0.4 is 5.73 Å². The third-order valence-electron chi connectivity index (χ3n) is 4.81. The van der Waals surface area contributed by atoms with Crippen molar-refractivity contribution in [3.8, 4) is 0 Å². The lowest BCUT2D eigenvalue weighted by Gasteiger charge is -2.32. The molecule has 2 nitrogen and oxygen atoms in total. The number of hydrogen-bond donors (Lipinski definition) is 1. The van der Waals surface area contributed by atoms with E-state index in [4.69, 9.17) is 5.73 Å². The van der Waals surface area contributed by atoms with Crippen molar-refractivity contribution in [1.29, 1.82) is 0 Å². The molecule has 2 atom stereocenters. The van der Waals surface area contributed by atoms with E-state index in [-0.39, 0.29) is 5.54 Å². The zero-order chi connectivity index (χ0) is 14.3. The van der Waals surface area contributed by atoms with Gasteiger partial charge in [0.1, 0.15) is 0 Å². The van der Waals surface area contributed by atoms with Gasteiger partial charge in [-0.15, -0.1) is 0 Å². The molecule has 0 spiro atoms. The lowest BCUT2D eigenvalue weighted by atomic mass is 9.78. The second-order valence-electron chi connectivity index (χ2n) is 6.22. The van der Waals surface area contributed by atoms with Crippen LogP contribution in [0.25, 0.3) is 0 Å². The number of hydrogen-bond acceptors (Lipinski definition) is 2. The molecular weight excluding hydrogens is 244 g/mol. The van der Waals surface area contributed by atoms with Crippen LogP contribution in [0.1, 0.15) is 47.2 Å². The molecule has 0 amide bonds. The summed E-state index contributed by atoms with van der Waals surface area (Å²) >= 11 is 0. The molecule has 0 radical (unpaired) electrons. The lowest BCUT2D eigenvalue weighted by Crippen LogP contribution is -2.39. The minimum absolute atomic E-state index is 0.306. The Morgan fingerprint density at radius 2 is 2.00 bits per heavy atom. The Morgan fingerprint density at radius 1 is 1.20 bits per heavy atom. The van der Waals surface area contributed by atoms with E-state index in [1.165, 1.54) is 27.9 Å². The molecule has 1 aliphatic carbocycles. The fourth-order valence-corrected chi connectivity index (χ4v) is 3.27. The quantitative estimate of drug-likeness (QED) is 0.902. The van der Waals surface area contributed by atoms with Crippen LogP contribution in [0.3, 0.4) is 0 Å². The van der Waals surface area contributed by atoms with Crippen molar-refractivity contribution in [3.05, 3.63) is 64.5 Å². The number of rotatable bonds is 2. The Labute approximate surface area is 121 Å². The highest BCUT2D eigenvalue weighted by molar-refractivity contribution is 5.39. The molecule has 0 bridgehead atoms. The highest BCUT2D eigenvalue weighted by Crippen LogP contribution is 2.43. The van der Waals surface area contributed by atoms with E-state index < -0.39 is 0 Å². The SMILES string of the molecule is Cc1ccc(C(C)(N)C2CCc3cccnc32)cc1C. The molecule has 1 aromatic heterocycles. The Bertz CT molecular complexity index is 644. The van der Waals surface area contributed by atoms with Crippen molar-refractivity contribution in [2.45, 2.75) is 45.1 Å². The average molecular weight is 266 g/mol. The molecule has 0 saturated heterocycles. The van der Waals surface area contributed by atoms with Crippen molar-refractivity contribution in [2.75, 3.05) is 0 Å².